The lowest BCUT2D eigenvalue weighted by Crippen LogP contribution is -2.19. The van der Waals surface area contributed by atoms with Crippen molar-refractivity contribution in [3.8, 4) is 11.1 Å². The zero-order chi connectivity index (χ0) is 13.8. The molecule has 1 atom stereocenters. The van der Waals surface area contributed by atoms with Crippen molar-refractivity contribution < 1.29 is 0 Å². The smallest absolute Gasteiger partial charge is 0.145 e. The van der Waals surface area contributed by atoms with Gasteiger partial charge in [-0.15, -0.1) is 0 Å². The third-order valence-corrected chi connectivity index (χ3v) is 3.35. The van der Waals surface area contributed by atoms with Gasteiger partial charge in [-0.1, -0.05) is 54.6 Å². The fraction of sp³-hybridized carbons (Fsp3) is 0.125. The number of aromatic amines is 1. The van der Waals surface area contributed by atoms with Gasteiger partial charge in [0.05, 0.1) is 6.04 Å². The van der Waals surface area contributed by atoms with Gasteiger partial charge in [0.15, 0.2) is 0 Å². The van der Waals surface area contributed by atoms with Crippen LogP contribution in [-0.4, -0.2) is 22.2 Å². The first-order valence-electron chi connectivity index (χ1n) is 6.56. The van der Waals surface area contributed by atoms with Crippen molar-refractivity contribution in [1.82, 2.24) is 20.5 Å². The lowest BCUT2D eigenvalue weighted by atomic mass is 10.0. The number of benzene rings is 2. The first-order chi connectivity index (χ1) is 9.88. The maximum Gasteiger partial charge on any atom is 0.145 e. The first-order valence-corrected chi connectivity index (χ1v) is 6.56. The molecule has 4 heteroatoms. The number of rotatable bonds is 4. The van der Waals surface area contributed by atoms with Crippen LogP contribution in [0.1, 0.15) is 17.4 Å². The molecule has 0 bridgehead atoms. The third-order valence-electron chi connectivity index (χ3n) is 3.35. The Hall–Kier alpha value is -2.46. The molecule has 0 amide bonds. The molecule has 3 rings (SSSR count). The Morgan fingerprint density at radius 3 is 2.25 bits per heavy atom. The lowest BCUT2D eigenvalue weighted by Gasteiger charge is -2.14. The van der Waals surface area contributed by atoms with Gasteiger partial charge in [-0.2, -0.15) is 5.10 Å². The summed E-state index contributed by atoms with van der Waals surface area (Å²) in [7, 11) is 1.91. The van der Waals surface area contributed by atoms with Crippen LogP contribution < -0.4 is 5.32 Å². The molecule has 1 heterocycles. The SMILES string of the molecule is CNC(c1ccc(-c2ccccc2)cc1)c1ncn[nH]1. The second kappa shape index (κ2) is 5.67. The molecule has 2 N–H and O–H groups in total. The van der Waals surface area contributed by atoms with Gasteiger partial charge in [0.2, 0.25) is 0 Å². The van der Waals surface area contributed by atoms with Gasteiger partial charge in [-0.25, -0.2) is 4.98 Å². The summed E-state index contributed by atoms with van der Waals surface area (Å²) in [6, 6.07) is 18.9. The molecule has 100 valence electrons. The summed E-state index contributed by atoms with van der Waals surface area (Å²) in [5, 5.41) is 10.1. The fourth-order valence-electron chi connectivity index (χ4n) is 2.31. The first kappa shape index (κ1) is 12.6. The summed E-state index contributed by atoms with van der Waals surface area (Å²) in [5.74, 6) is 0.819. The number of hydrogen-bond donors (Lipinski definition) is 2. The highest BCUT2D eigenvalue weighted by molar-refractivity contribution is 5.63. The number of aromatic nitrogens is 3. The molecule has 0 aliphatic rings. The number of nitrogens with zero attached hydrogens (tertiary/aromatic N) is 2. The average molecular weight is 264 g/mol. The van der Waals surface area contributed by atoms with E-state index in [1.165, 1.54) is 17.5 Å². The molecule has 3 aromatic rings. The molecule has 0 radical (unpaired) electrons. The summed E-state index contributed by atoms with van der Waals surface area (Å²) in [4.78, 5) is 4.22. The molecular weight excluding hydrogens is 248 g/mol. The summed E-state index contributed by atoms with van der Waals surface area (Å²) >= 11 is 0. The molecule has 0 aliphatic heterocycles. The van der Waals surface area contributed by atoms with Crippen LogP contribution in [0.4, 0.5) is 0 Å². The van der Waals surface area contributed by atoms with Crippen LogP contribution in [0.2, 0.25) is 0 Å². The second-order valence-electron chi connectivity index (χ2n) is 4.58. The molecule has 1 aromatic heterocycles. The van der Waals surface area contributed by atoms with Crippen molar-refractivity contribution in [3.05, 3.63) is 72.3 Å². The van der Waals surface area contributed by atoms with Crippen molar-refractivity contribution in [2.75, 3.05) is 7.05 Å². The molecule has 20 heavy (non-hydrogen) atoms. The van der Waals surface area contributed by atoms with Crippen molar-refractivity contribution in [1.29, 1.82) is 0 Å². The number of hydrogen-bond acceptors (Lipinski definition) is 3. The average Bonchev–Trinajstić information content (AvgIpc) is 3.04. The third kappa shape index (κ3) is 2.46. The quantitative estimate of drug-likeness (QED) is 0.762. The van der Waals surface area contributed by atoms with Crippen molar-refractivity contribution in [2.24, 2.45) is 0 Å². The van der Waals surface area contributed by atoms with Crippen molar-refractivity contribution in [3.63, 3.8) is 0 Å². The molecule has 0 spiro atoms. The summed E-state index contributed by atoms with van der Waals surface area (Å²) in [6.45, 7) is 0. The minimum absolute atomic E-state index is 0.0299. The second-order valence-corrected chi connectivity index (χ2v) is 4.58. The van der Waals surface area contributed by atoms with E-state index in [1.807, 2.05) is 25.2 Å². The van der Waals surface area contributed by atoms with E-state index >= 15 is 0 Å². The topological polar surface area (TPSA) is 53.6 Å². The Morgan fingerprint density at radius 2 is 1.65 bits per heavy atom. The Kier molecular flexibility index (Phi) is 3.56. The predicted octanol–water partition coefficient (Wildman–Crippen LogP) is 2.78. The Morgan fingerprint density at radius 1 is 0.950 bits per heavy atom. The maximum atomic E-state index is 4.22. The standard InChI is InChI=1S/C16H16N4/c1-17-15(16-18-11-19-20-16)14-9-7-13(8-10-14)12-5-3-2-4-6-12/h2-11,15,17H,1H3,(H,18,19,20). The highest BCUT2D eigenvalue weighted by atomic mass is 15.2. The van der Waals surface area contributed by atoms with Crippen LogP contribution in [-0.2, 0) is 0 Å². The molecule has 0 aliphatic carbocycles. The van der Waals surface area contributed by atoms with E-state index in [4.69, 9.17) is 0 Å². The zero-order valence-corrected chi connectivity index (χ0v) is 11.2. The van der Waals surface area contributed by atoms with E-state index in [9.17, 15) is 0 Å². The van der Waals surface area contributed by atoms with Crippen LogP contribution >= 0.6 is 0 Å². The Labute approximate surface area is 117 Å². The molecule has 0 saturated heterocycles. The van der Waals surface area contributed by atoms with Crippen LogP contribution in [0.15, 0.2) is 60.9 Å². The van der Waals surface area contributed by atoms with Crippen LogP contribution in [0.25, 0.3) is 11.1 Å². The van der Waals surface area contributed by atoms with E-state index < -0.39 is 0 Å². The fourth-order valence-corrected chi connectivity index (χ4v) is 2.31. The van der Waals surface area contributed by atoms with E-state index in [0.717, 1.165) is 11.4 Å². The molecular formula is C16H16N4. The van der Waals surface area contributed by atoms with Gasteiger partial charge in [0.25, 0.3) is 0 Å². The number of nitrogens with one attached hydrogen (secondary N) is 2. The van der Waals surface area contributed by atoms with Gasteiger partial charge >= 0.3 is 0 Å². The Bertz CT molecular complexity index is 645. The van der Waals surface area contributed by atoms with E-state index in [-0.39, 0.29) is 6.04 Å². The van der Waals surface area contributed by atoms with Crippen LogP contribution in [0, 0.1) is 0 Å². The van der Waals surface area contributed by atoms with Gasteiger partial charge in [0, 0.05) is 0 Å². The van der Waals surface area contributed by atoms with Gasteiger partial charge < -0.3 is 5.32 Å². The van der Waals surface area contributed by atoms with Crippen molar-refractivity contribution >= 4 is 0 Å². The molecule has 2 aromatic carbocycles. The lowest BCUT2D eigenvalue weighted by molar-refractivity contribution is 0.650. The van der Waals surface area contributed by atoms with Crippen LogP contribution in [0.3, 0.4) is 0 Å². The maximum absolute atomic E-state index is 4.22. The highest BCUT2D eigenvalue weighted by Crippen LogP contribution is 2.23. The Balaban J connectivity index is 1.89. The van der Waals surface area contributed by atoms with Gasteiger partial charge in [0.1, 0.15) is 12.2 Å². The number of H-pyrrole nitrogens is 1. The van der Waals surface area contributed by atoms with Crippen molar-refractivity contribution in [2.45, 2.75) is 6.04 Å². The van der Waals surface area contributed by atoms with Gasteiger partial charge in [-0.05, 0) is 23.7 Å². The van der Waals surface area contributed by atoms with Gasteiger partial charge in [-0.3, -0.25) is 5.10 Å². The summed E-state index contributed by atoms with van der Waals surface area (Å²) in [5.41, 5.74) is 3.59. The van der Waals surface area contributed by atoms with E-state index in [2.05, 4.69) is 56.9 Å². The van der Waals surface area contributed by atoms with E-state index in [1.54, 1.807) is 0 Å². The van der Waals surface area contributed by atoms with Crippen LogP contribution in [0.5, 0.6) is 0 Å². The highest BCUT2D eigenvalue weighted by Gasteiger charge is 2.14. The molecule has 0 saturated carbocycles. The normalized spacial score (nSPS) is 12.2. The molecule has 0 fully saturated rings. The largest absolute Gasteiger partial charge is 0.307 e. The zero-order valence-electron chi connectivity index (χ0n) is 11.2. The molecule has 4 nitrogen and oxygen atoms in total. The van der Waals surface area contributed by atoms with E-state index in [0.29, 0.717) is 0 Å². The monoisotopic (exact) mass is 264 g/mol. The minimum Gasteiger partial charge on any atom is -0.307 e. The summed E-state index contributed by atoms with van der Waals surface area (Å²) < 4.78 is 0. The summed E-state index contributed by atoms with van der Waals surface area (Å²) in [6.07, 6.45) is 1.53. The minimum atomic E-state index is 0.0299. The predicted molar refractivity (Wildman–Crippen MR) is 79.2 cm³/mol. The molecule has 1 unspecified atom stereocenters.